The van der Waals surface area contributed by atoms with Crippen molar-refractivity contribution >= 4 is 11.9 Å². The van der Waals surface area contributed by atoms with Crippen molar-refractivity contribution in [1.82, 2.24) is 0 Å². The molecule has 1 aromatic rings. The molecule has 16 heavy (non-hydrogen) atoms. The molecule has 0 aliphatic carbocycles. The van der Waals surface area contributed by atoms with Crippen molar-refractivity contribution in [3.63, 3.8) is 0 Å². The summed E-state index contributed by atoms with van der Waals surface area (Å²) in [5, 5.41) is 0. The fourth-order valence-electron chi connectivity index (χ4n) is 1.22. The Morgan fingerprint density at radius 3 is 2.56 bits per heavy atom. The molecule has 0 saturated carbocycles. The molecule has 0 amide bonds. The molecular weight excluding hydrogens is 214 g/mol. The lowest BCUT2D eigenvalue weighted by Crippen LogP contribution is -2.22. The van der Waals surface area contributed by atoms with E-state index in [9.17, 15) is 9.59 Å². The first-order valence-electron chi connectivity index (χ1n) is 4.60. The van der Waals surface area contributed by atoms with Crippen LogP contribution in [0, 0.1) is 0 Å². The van der Waals surface area contributed by atoms with E-state index in [4.69, 9.17) is 10.2 Å². The smallest absolute Gasteiger partial charge is 0.373 e. The van der Waals surface area contributed by atoms with Crippen LogP contribution >= 0.6 is 0 Å². The minimum atomic E-state index is -0.705. The van der Waals surface area contributed by atoms with Gasteiger partial charge in [0.15, 0.2) is 0 Å². The predicted octanol–water partition coefficient (Wildman–Crippen LogP) is 0.281. The highest BCUT2D eigenvalue weighted by Crippen LogP contribution is 2.19. The van der Waals surface area contributed by atoms with Gasteiger partial charge < -0.3 is 19.6 Å². The van der Waals surface area contributed by atoms with Crippen molar-refractivity contribution in [2.45, 2.75) is 5.92 Å². The van der Waals surface area contributed by atoms with Crippen LogP contribution in [0.3, 0.4) is 0 Å². The number of nitrogens with two attached hydrogens (primary N) is 1. The summed E-state index contributed by atoms with van der Waals surface area (Å²) in [6.07, 6.45) is 0. The van der Waals surface area contributed by atoms with Crippen molar-refractivity contribution in [2.24, 2.45) is 5.73 Å². The van der Waals surface area contributed by atoms with Gasteiger partial charge in [0, 0.05) is 6.54 Å². The average Bonchev–Trinajstić information content (AvgIpc) is 2.78. The number of hydrogen-bond donors (Lipinski definition) is 1. The summed E-state index contributed by atoms with van der Waals surface area (Å²) in [6.45, 7) is 0.0425. The van der Waals surface area contributed by atoms with E-state index >= 15 is 0 Å². The van der Waals surface area contributed by atoms with Crippen LogP contribution in [-0.2, 0) is 14.3 Å². The van der Waals surface area contributed by atoms with Crippen molar-refractivity contribution in [3.8, 4) is 0 Å². The Morgan fingerprint density at radius 1 is 1.38 bits per heavy atom. The lowest BCUT2D eigenvalue weighted by atomic mass is 10.1. The summed E-state index contributed by atoms with van der Waals surface area (Å²) < 4.78 is 14.2. The van der Waals surface area contributed by atoms with Crippen LogP contribution in [0.15, 0.2) is 16.5 Å². The van der Waals surface area contributed by atoms with Crippen LogP contribution in [0.1, 0.15) is 22.2 Å². The van der Waals surface area contributed by atoms with E-state index in [0.717, 1.165) is 0 Å². The lowest BCUT2D eigenvalue weighted by Gasteiger charge is -2.08. The van der Waals surface area contributed by atoms with E-state index in [1.807, 2.05) is 0 Å². The fourth-order valence-corrected chi connectivity index (χ4v) is 1.22. The molecule has 1 atom stereocenters. The van der Waals surface area contributed by atoms with Crippen LogP contribution in [0.5, 0.6) is 0 Å². The summed E-state index contributed by atoms with van der Waals surface area (Å²) in [5.74, 6) is -1.50. The normalized spacial score (nSPS) is 11.9. The monoisotopic (exact) mass is 227 g/mol. The van der Waals surface area contributed by atoms with Crippen molar-refractivity contribution in [2.75, 3.05) is 20.8 Å². The molecular formula is C10H13NO5. The number of methoxy groups -OCH3 is 2. The highest BCUT2D eigenvalue weighted by Gasteiger charge is 2.24. The maximum Gasteiger partial charge on any atom is 0.373 e. The molecule has 0 fully saturated rings. The van der Waals surface area contributed by atoms with E-state index in [2.05, 4.69) is 9.47 Å². The van der Waals surface area contributed by atoms with E-state index in [1.54, 1.807) is 0 Å². The second kappa shape index (κ2) is 5.32. The minimum absolute atomic E-state index is 0.0276. The molecule has 1 heterocycles. The van der Waals surface area contributed by atoms with Crippen LogP contribution in [-0.4, -0.2) is 32.7 Å². The van der Waals surface area contributed by atoms with Gasteiger partial charge >= 0.3 is 11.9 Å². The van der Waals surface area contributed by atoms with E-state index in [-0.39, 0.29) is 18.1 Å². The van der Waals surface area contributed by atoms with Gasteiger partial charge in [0.25, 0.3) is 0 Å². The first-order chi connectivity index (χ1) is 7.63. The molecule has 0 saturated heterocycles. The quantitative estimate of drug-likeness (QED) is 0.743. The first kappa shape index (κ1) is 12.3. The molecule has 0 aromatic carbocycles. The highest BCUT2D eigenvalue weighted by atomic mass is 16.5. The maximum absolute atomic E-state index is 11.3. The second-order valence-corrected chi connectivity index (χ2v) is 3.01. The Labute approximate surface area is 92.3 Å². The third-order valence-electron chi connectivity index (χ3n) is 2.08. The molecule has 2 N–H and O–H groups in total. The Balaban J connectivity index is 2.91. The summed E-state index contributed by atoms with van der Waals surface area (Å²) in [4.78, 5) is 22.4. The van der Waals surface area contributed by atoms with Gasteiger partial charge in [0.05, 0.1) is 14.2 Å². The Bertz CT molecular complexity index is 384. The van der Waals surface area contributed by atoms with Gasteiger partial charge in [-0.25, -0.2) is 4.79 Å². The molecule has 1 rings (SSSR count). The van der Waals surface area contributed by atoms with Crippen molar-refractivity contribution in [1.29, 1.82) is 0 Å². The summed E-state index contributed by atoms with van der Waals surface area (Å²) in [7, 11) is 2.50. The lowest BCUT2D eigenvalue weighted by molar-refractivity contribution is -0.142. The molecule has 0 bridgehead atoms. The molecule has 0 aliphatic rings. The molecule has 1 unspecified atom stereocenters. The van der Waals surface area contributed by atoms with Gasteiger partial charge in [-0.3, -0.25) is 4.79 Å². The second-order valence-electron chi connectivity index (χ2n) is 3.01. The molecule has 6 heteroatoms. The number of ether oxygens (including phenoxy) is 2. The molecule has 6 nitrogen and oxygen atoms in total. The predicted molar refractivity (Wildman–Crippen MR) is 53.9 cm³/mol. The van der Waals surface area contributed by atoms with Gasteiger partial charge in [-0.15, -0.1) is 0 Å². The van der Waals surface area contributed by atoms with Gasteiger partial charge in [-0.05, 0) is 12.1 Å². The molecule has 1 aromatic heterocycles. The largest absolute Gasteiger partial charge is 0.468 e. The van der Waals surface area contributed by atoms with E-state index < -0.39 is 17.9 Å². The van der Waals surface area contributed by atoms with Gasteiger partial charge in [-0.1, -0.05) is 0 Å². The van der Waals surface area contributed by atoms with Gasteiger partial charge in [-0.2, -0.15) is 0 Å². The first-order valence-corrected chi connectivity index (χ1v) is 4.60. The number of rotatable bonds is 4. The number of carbonyl (C=O) groups excluding carboxylic acids is 2. The SMILES string of the molecule is COC(=O)c1ccc(C(CN)C(=O)OC)o1. The Morgan fingerprint density at radius 2 is 2.06 bits per heavy atom. The average molecular weight is 227 g/mol. The van der Waals surface area contributed by atoms with Gasteiger partial charge in [0.2, 0.25) is 5.76 Å². The van der Waals surface area contributed by atoms with Gasteiger partial charge in [0.1, 0.15) is 11.7 Å². The fraction of sp³-hybridized carbons (Fsp3) is 0.400. The third-order valence-corrected chi connectivity index (χ3v) is 2.08. The zero-order valence-corrected chi connectivity index (χ0v) is 9.06. The highest BCUT2D eigenvalue weighted by molar-refractivity contribution is 5.86. The summed E-state index contributed by atoms with van der Waals surface area (Å²) in [5.41, 5.74) is 5.42. The third kappa shape index (κ3) is 2.40. The summed E-state index contributed by atoms with van der Waals surface area (Å²) in [6, 6.07) is 2.92. The zero-order chi connectivity index (χ0) is 12.1. The number of carbonyl (C=O) groups is 2. The summed E-state index contributed by atoms with van der Waals surface area (Å²) >= 11 is 0. The molecule has 0 spiro atoms. The van der Waals surface area contributed by atoms with Crippen LogP contribution in [0.25, 0.3) is 0 Å². The number of furan rings is 1. The minimum Gasteiger partial charge on any atom is -0.468 e. The Hall–Kier alpha value is -1.82. The molecule has 88 valence electrons. The van der Waals surface area contributed by atoms with Crippen molar-refractivity contribution in [3.05, 3.63) is 23.7 Å². The van der Waals surface area contributed by atoms with E-state index in [0.29, 0.717) is 0 Å². The van der Waals surface area contributed by atoms with E-state index in [1.165, 1.54) is 26.4 Å². The topological polar surface area (TPSA) is 91.8 Å². The van der Waals surface area contributed by atoms with Crippen LogP contribution in [0.2, 0.25) is 0 Å². The van der Waals surface area contributed by atoms with Crippen LogP contribution in [0.4, 0.5) is 0 Å². The zero-order valence-electron chi connectivity index (χ0n) is 9.06. The van der Waals surface area contributed by atoms with Crippen LogP contribution < -0.4 is 5.73 Å². The Kier molecular flexibility index (Phi) is 4.07. The van der Waals surface area contributed by atoms with Crippen molar-refractivity contribution < 1.29 is 23.5 Å². The molecule has 0 radical (unpaired) electrons. The standard InChI is InChI=1S/C10H13NO5/c1-14-9(12)6(5-11)7-3-4-8(16-7)10(13)15-2/h3-4,6H,5,11H2,1-2H3. The number of hydrogen-bond acceptors (Lipinski definition) is 6. The number of esters is 2. The maximum atomic E-state index is 11.3. The molecule has 0 aliphatic heterocycles.